The summed E-state index contributed by atoms with van der Waals surface area (Å²) in [5.74, 6) is -0.688. The van der Waals surface area contributed by atoms with Gasteiger partial charge in [-0.1, -0.05) is 36.4 Å². The molecule has 34 heavy (non-hydrogen) atoms. The maximum atomic E-state index is 13.3. The van der Waals surface area contributed by atoms with Gasteiger partial charge in [0.05, 0.1) is 16.1 Å². The Morgan fingerprint density at radius 1 is 1.03 bits per heavy atom. The highest BCUT2D eigenvalue weighted by Crippen LogP contribution is 2.32. The van der Waals surface area contributed by atoms with Crippen molar-refractivity contribution in [3.63, 3.8) is 0 Å². The van der Waals surface area contributed by atoms with E-state index in [0.717, 1.165) is 11.1 Å². The molecule has 172 valence electrons. The summed E-state index contributed by atoms with van der Waals surface area (Å²) in [5, 5.41) is 0.669. The molecule has 4 aromatic rings. The fraction of sp³-hybridized carbons (Fsp3) is 0.154. The maximum Gasteiger partial charge on any atom is 0.338 e. The summed E-state index contributed by atoms with van der Waals surface area (Å²) >= 11 is 0. The summed E-state index contributed by atoms with van der Waals surface area (Å²) in [4.78, 5) is 24.7. The van der Waals surface area contributed by atoms with E-state index in [1.54, 1.807) is 24.3 Å². The van der Waals surface area contributed by atoms with E-state index in [4.69, 9.17) is 9.15 Å². The number of esters is 1. The number of anilines is 1. The number of rotatable bonds is 5. The van der Waals surface area contributed by atoms with Crippen LogP contribution in [0.5, 0.6) is 0 Å². The van der Waals surface area contributed by atoms with Crippen molar-refractivity contribution < 1.29 is 22.4 Å². The molecule has 1 aromatic heterocycles. The van der Waals surface area contributed by atoms with Crippen LogP contribution in [-0.2, 0) is 27.8 Å². The fourth-order valence-corrected chi connectivity index (χ4v) is 5.70. The van der Waals surface area contributed by atoms with Gasteiger partial charge < -0.3 is 9.15 Å². The van der Waals surface area contributed by atoms with Gasteiger partial charge in [-0.25, -0.2) is 18.0 Å². The molecule has 0 saturated carbocycles. The number of hydrogen-bond acceptors (Lipinski definition) is 6. The van der Waals surface area contributed by atoms with Crippen molar-refractivity contribution in [2.45, 2.75) is 24.8 Å². The summed E-state index contributed by atoms with van der Waals surface area (Å²) in [6.07, 6.45) is 0.635. The van der Waals surface area contributed by atoms with Gasteiger partial charge in [0.2, 0.25) is 0 Å². The van der Waals surface area contributed by atoms with Crippen LogP contribution in [0.4, 0.5) is 5.69 Å². The molecule has 3 aromatic carbocycles. The van der Waals surface area contributed by atoms with Crippen LogP contribution in [0.2, 0.25) is 0 Å². The maximum absolute atomic E-state index is 13.3. The zero-order valence-corrected chi connectivity index (χ0v) is 19.2. The van der Waals surface area contributed by atoms with Crippen molar-refractivity contribution in [3.05, 3.63) is 105 Å². The first kappa shape index (κ1) is 21.9. The lowest BCUT2D eigenvalue weighted by atomic mass is 10.1. The average molecular weight is 476 g/mol. The minimum Gasteiger partial charge on any atom is -0.457 e. The van der Waals surface area contributed by atoms with Gasteiger partial charge in [0.15, 0.2) is 0 Å². The highest BCUT2D eigenvalue weighted by Gasteiger charge is 2.31. The molecule has 0 radical (unpaired) electrons. The smallest absolute Gasteiger partial charge is 0.338 e. The SMILES string of the molecule is Cc1ccc2c(COC(=O)c3cccc(S(=O)(=O)N4CCc5ccccc54)c3)cc(=O)oc2c1. The molecular formula is C26H21NO6S. The van der Waals surface area contributed by atoms with Crippen LogP contribution in [0.1, 0.15) is 27.0 Å². The molecule has 0 spiro atoms. The lowest BCUT2D eigenvalue weighted by Gasteiger charge is -2.19. The van der Waals surface area contributed by atoms with Crippen molar-refractivity contribution in [1.29, 1.82) is 0 Å². The molecule has 8 heteroatoms. The first-order chi connectivity index (χ1) is 16.3. The van der Waals surface area contributed by atoms with Crippen LogP contribution in [0.25, 0.3) is 11.0 Å². The molecule has 0 unspecified atom stereocenters. The zero-order valence-electron chi connectivity index (χ0n) is 18.4. The van der Waals surface area contributed by atoms with E-state index in [1.165, 1.54) is 34.6 Å². The summed E-state index contributed by atoms with van der Waals surface area (Å²) in [5.41, 5.74) is 3.05. The first-order valence-electron chi connectivity index (χ1n) is 10.7. The van der Waals surface area contributed by atoms with E-state index in [0.29, 0.717) is 35.2 Å². The molecule has 0 bridgehead atoms. The van der Waals surface area contributed by atoms with Gasteiger partial charge in [0.25, 0.3) is 10.0 Å². The van der Waals surface area contributed by atoms with Gasteiger partial charge in [-0.05, 0) is 54.8 Å². The average Bonchev–Trinajstić information content (AvgIpc) is 3.27. The number of hydrogen-bond donors (Lipinski definition) is 0. The Kier molecular flexibility index (Phi) is 5.45. The third-order valence-corrected chi connectivity index (χ3v) is 7.66. The van der Waals surface area contributed by atoms with E-state index in [1.807, 2.05) is 25.1 Å². The third-order valence-electron chi connectivity index (χ3n) is 5.85. The van der Waals surface area contributed by atoms with E-state index in [2.05, 4.69) is 0 Å². The van der Waals surface area contributed by atoms with Crippen LogP contribution in [-0.4, -0.2) is 20.9 Å². The van der Waals surface area contributed by atoms with E-state index < -0.39 is 21.6 Å². The quantitative estimate of drug-likeness (QED) is 0.317. The predicted molar refractivity (Wildman–Crippen MR) is 127 cm³/mol. The Hall–Kier alpha value is -3.91. The van der Waals surface area contributed by atoms with Gasteiger partial charge in [-0.2, -0.15) is 0 Å². The summed E-state index contributed by atoms with van der Waals surface area (Å²) in [6.45, 7) is 2.08. The second kappa shape index (κ2) is 8.46. The summed E-state index contributed by atoms with van der Waals surface area (Å²) < 4.78 is 38.6. The highest BCUT2D eigenvalue weighted by molar-refractivity contribution is 7.92. The number of para-hydroxylation sites is 1. The van der Waals surface area contributed by atoms with Gasteiger partial charge in [0, 0.05) is 23.6 Å². The molecule has 0 fully saturated rings. The van der Waals surface area contributed by atoms with Crippen molar-refractivity contribution in [1.82, 2.24) is 0 Å². The van der Waals surface area contributed by atoms with Crippen molar-refractivity contribution in [3.8, 4) is 0 Å². The predicted octanol–water partition coefficient (Wildman–Crippen LogP) is 4.21. The third kappa shape index (κ3) is 3.97. The van der Waals surface area contributed by atoms with Crippen molar-refractivity contribution >= 4 is 32.6 Å². The topological polar surface area (TPSA) is 93.9 Å². The Morgan fingerprint density at radius 3 is 2.71 bits per heavy atom. The molecule has 5 rings (SSSR count). The van der Waals surface area contributed by atoms with Crippen LogP contribution in [0.3, 0.4) is 0 Å². The number of aryl methyl sites for hydroxylation is 1. The van der Waals surface area contributed by atoms with Gasteiger partial charge >= 0.3 is 11.6 Å². The van der Waals surface area contributed by atoms with E-state index in [-0.39, 0.29) is 17.1 Å². The molecule has 0 atom stereocenters. The van der Waals surface area contributed by atoms with Crippen LogP contribution >= 0.6 is 0 Å². The number of sulfonamides is 1. The molecule has 0 N–H and O–H groups in total. The van der Waals surface area contributed by atoms with Gasteiger partial charge in [-0.3, -0.25) is 4.31 Å². The van der Waals surface area contributed by atoms with Crippen molar-refractivity contribution in [2.75, 3.05) is 10.8 Å². The largest absolute Gasteiger partial charge is 0.457 e. The number of carbonyl (C=O) groups is 1. The minimum absolute atomic E-state index is 0.0138. The summed E-state index contributed by atoms with van der Waals surface area (Å²) in [6, 6.07) is 19.9. The molecule has 2 heterocycles. The molecule has 1 aliphatic heterocycles. The molecule has 0 amide bonds. The molecule has 0 saturated heterocycles. The molecule has 1 aliphatic rings. The number of carbonyl (C=O) groups excluding carboxylic acids is 1. The fourth-order valence-electron chi connectivity index (χ4n) is 4.15. The second-order valence-electron chi connectivity index (χ2n) is 8.15. The monoisotopic (exact) mass is 475 g/mol. The first-order valence-corrected chi connectivity index (χ1v) is 12.2. The number of benzene rings is 3. The zero-order chi connectivity index (χ0) is 23.9. The number of ether oxygens (including phenoxy) is 1. The highest BCUT2D eigenvalue weighted by atomic mass is 32.2. The van der Waals surface area contributed by atoms with E-state index >= 15 is 0 Å². The Bertz CT molecular complexity index is 1590. The van der Waals surface area contributed by atoms with Crippen LogP contribution in [0, 0.1) is 6.92 Å². The normalized spacial score (nSPS) is 13.1. The van der Waals surface area contributed by atoms with Crippen LogP contribution in [0.15, 0.2) is 86.9 Å². The Labute approximate surface area is 196 Å². The lowest BCUT2D eigenvalue weighted by Crippen LogP contribution is -2.29. The molecule has 7 nitrogen and oxygen atoms in total. The standard InChI is InChI=1S/C26H21NO6S/c1-17-9-10-22-20(15-25(28)33-24(22)13-17)16-32-26(29)19-6-4-7-21(14-19)34(30,31)27-12-11-18-5-2-3-8-23(18)27/h2-10,13-15H,11-12,16H2,1H3. The summed E-state index contributed by atoms with van der Waals surface area (Å²) in [7, 11) is -3.84. The lowest BCUT2D eigenvalue weighted by molar-refractivity contribution is 0.0473. The van der Waals surface area contributed by atoms with Crippen molar-refractivity contribution in [2.24, 2.45) is 0 Å². The second-order valence-corrected chi connectivity index (χ2v) is 10.0. The number of fused-ring (bicyclic) bond motifs is 2. The Balaban J connectivity index is 1.39. The minimum atomic E-state index is -3.84. The van der Waals surface area contributed by atoms with Crippen LogP contribution < -0.4 is 9.93 Å². The van der Waals surface area contributed by atoms with Gasteiger partial charge in [0.1, 0.15) is 12.2 Å². The Morgan fingerprint density at radius 2 is 1.85 bits per heavy atom. The molecular weight excluding hydrogens is 454 g/mol. The molecule has 0 aliphatic carbocycles. The van der Waals surface area contributed by atoms with E-state index in [9.17, 15) is 18.0 Å². The number of nitrogens with zero attached hydrogens (tertiary/aromatic N) is 1. The van der Waals surface area contributed by atoms with Gasteiger partial charge in [-0.15, -0.1) is 0 Å².